The fourth-order valence-corrected chi connectivity index (χ4v) is 2.09. The van der Waals surface area contributed by atoms with Gasteiger partial charge in [0, 0.05) is 20.0 Å². The average molecular weight is 287 g/mol. The van der Waals surface area contributed by atoms with E-state index >= 15 is 0 Å². The van der Waals surface area contributed by atoms with Crippen molar-refractivity contribution in [2.75, 3.05) is 5.32 Å². The molecule has 0 spiro atoms. The van der Waals surface area contributed by atoms with Gasteiger partial charge in [-0.25, -0.2) is 4.79 Å². The first kappa shape index (κ1) is 15.0. The van der Waals surface area contributed by atoms with Crippen LogP contribution >= 0.6 is 0 Å². The first-order chi connectivity index (χ1) is 9.99. The number of aromatic nitrogens is 3. The number of urea groups is 1. The molecule has 0 aliphatic carbocycles. The molecule has 0 atom stereocenters. The third-order valence-corrected chi connectivity index (χ3v) is 3.34. The highest BCUT2D eigenvalue weighted by Crippen LogP contribution is 2.10. The molecule has 0 saturated carbocycles. The Hall–Kier alpha value is -2.37. The number of amides is 2. The summed E-state index contributed by atoms with van der Waals surface area (Å²) < 4.78 is 1.67. The fourth-order valence-electron chi connectivity index (χ4n) is 2.09. The van der Waals surface area contributed by atoms with Crippen LogP contribution in [0.5, 0.6) is 0 Å². The predicted molar refractivity (Wildman–Crippen MR) is 82.2 cm³/mol. The van der Waals surface area contributed by atoms with E-state index in [-0.39, 0.29) is 6.03 Å². The van der Waals surface area contributed by atoms with Crippen molar-refractivity contribution in [1.82, 2.24) is 20.1 Å². The molecule has 2 rings (SSSR count). The summed E-state index contributed by atoms with van der Waals surface area (Å²) in [6, 6.07) is 5.88. The summed E-state index contributed by atoms with van der Waals surface area (Å²) in [6.45, 7) is 6.54. The Labute approximate surface area is 124 Å². The molecule has 2 amide bonds. The number of benzene rings is 1. The molecule has 0 fully saturated rings. The molecule has 0 saturated heterocycles. The molecule has 0 aliphatic rings. The molecule has 0 radical (unpaired) electrons. The van der Waals surface area contributed by atoms with Gasteiger partial charge in [0.25, 0.3) is 0 Å². The van der Waals surface area contributed by atoms with E-state index in [4.69, 9.17) is 0 Å². The normalized spacial score (nSPS) is 10.5. The lowest BCUT2D eigenvalue weighted by atomic mass is 10.1. The zero-order chi connectivity index (χ0) is 15.4. The summed E-state index contributed by atoms with van der Waals surface area (Å²) in [7, 11) is 1.81. The molecule has 1 aromatic carbocycles. The molecule has 6 heteroatoms. The largest absolute Gasteiger partial charge is 0.334 e. The highest BCUT2D eigenvalue weighted by molar-refractivity contribution is 5.87. The van der Waals surface area contributed by atoms with Crippen molar-refractivity contribution in [3.8, 4) is 0 Å². The number of carbonyl (C=O) groups is 1. The van der Waals surface area contributed by atoms with Gasteiger partial charge < -0.3 is 5.32 Å². The monoisotopic (exact) mass is 287 g/mol. The van der Waals surface area contributed by atoms with Gasteiger partial charge in [-0.15, -0.1) is 5.10 Å². The topological polar surface area (TPSA) is 71.8 Å². The van der Waals surface area contributed by atoms with E-state index in [1.807, 2.05) is 27.8 Å². The summed E-state index contributed by atoms with van der Waals surface area (Å²) in [4.78, 5) is 16.1. The van der Waals surface area contributed by atoms with Gasteiger partial charge in [-0.1, -0.05) is 30.7 Å². The SMILES string of the molecule is CCc1nc(NC(=O)NCc2cc(C)ccc2C)nn1C. The molecule has 6 nitrogen and oxygen atoms in total. The lowest BCUT2D eigenvalue weighted by molar-refractivity contribution is 0.251. The molecular formula is C15H21N5O. The second-order valence-electron chi connectivity index (χ2n) is 5.07. The van der Waals surface area contributed by atoms with Gasteiger partial charge in [-0.3, -0.25) is 10.00 Å². The second kappa shape index (κ2) is 6.39. The lowest BCUT2D eigenvalue weighted by Crippen LogP contribution is -2.29. The molecular weight excluding hydrogens is 266 g/mol. The molecule has 2 aromatic rings. The Morgan fingerprint density at radius 2 is 2.10 bits per heavy atom. The summed E-state index contributed by atoms with van der Waals surface area (Å²) in [5.74, 6) is 1.16. The van der Waals surface area contributed by atoms with Gasteiger partial charge >= 0.3 is 6.03 Å². The van der Waals surface area contributed by atoms with Gasteiger partial charge in [-0.2, -0.15) is 4.98 Å². The summed E-state index contributed by atoms with van der Waals surface area (Å²) in [6.07, 6.45) is 0.773. The van der Waals surface area contributed by atoms with Gasteiger partial charge in [0.15, 0.2) is 0 Å². The van der Waals surface area contributed by atoms with E-state index < -0.39 is 0 Å². The number of hydrogen-bond donors (Lipinski definition) is 2. The van der Waals surface area contributed by atoms with Gasteiger partial charge in [0.2, 0.25) is 5.95 Å². The zero-order valence-electron chi connectivity index (χ0n) is 12.9. The molecule has 0 aliphatic heterocycles. The molecule has 0 bridgehead atoms. The summed E-state index contributed by atoms with van der Waals surface area (Å²) in [5.41, 5.74) is 3.44. The van der Waals surface area contributed by atoms with Crippen LogP contribution in [0, 0.1) is 13.8 Å². The highest BCUT2D eigenvalue weighted by atomic mass is 16.2. The van der Waals surface area contributed by atoms with Crippen LogP contribution in [0.3, 0.4) is 0 Å². The average Bonchev–Trinajstić information content (AvgIpc) is 2.79. The Kier molecular flexibility index (Phi) is 4.57. The molecule has 0 unspecified atom stereocenters. The van der Waals surface area contributed by atoms with Crippen molar-refractivity contribution in [3.63, 3.8) is 0 Å². The second-order valence-corrected chi connectivity index (χ2v) is 5.07. The molecule has 1 aromatic heterocycles. The van der Waals surface area contributed by atoms with Crippen molar-refractivity contribution in [1.29, 1.82) is 0 Å². The van der Waals surface area contributed by atoms with Crippen LogP contribution in [-0.4, -0.2) is 20.8 Å². The smallest absolute Gasteiger partial charge is 0.321 e. The van der Waals surface area contributed by atoms with Crippen molar-refractivity contribution in [2.45, 2.75) is 33.7 Å². The van der Waals surface area contributed by atoms with Gasteiger partial charge in [0.05, 0.1) is 0 Å². The van der Waals surface area contributed by atoms with E-state index in [0.29, 0.717) is 12.5 Å². The van der Waals surface area contributed by atoms with Crippen LogP contribution in [0.15, 0.2) is 18.2 Å². The van der Waals surface area contributed by atoms with Crippen LogP contribution in [0.25, 0.3) is 0 Å². The van der Waals surface area contributed by atoms with Crippen molar-refractivity contribution in [3.05, 3.63) is 40.7 Å². The quantitative estimate of drug-likeness (QED) is 0.906. The first-order valence-electron chi connectivity index (χ1n) is 7.00. The minimum Gasteiger partial charge on any atom is -0.334 e. The van der Waals surface area contributed by atoms with Crippen molar-refractivity contribution < 1.29 is 4.79 Å². The lowest BCUT2D eigenvalue weighted by Gasteiger charge is -2.08. The van der Waals surface area contributed by atoms with Crippen molar-refractivity contribution in [2.24, 2.45) is 7.05 Å². The van der Waals surface area contributed by atoms with E-state index in [0.717, 1.165) is 23.4 Å². The summed E-state index contributed by atoms with van der Waals surface area (Å²) in [5, 5.41) is 9.61. The number of rotatable bonds is 4. The highest BCUT2D eigenvalue weighted by Gasteiger charge is 2.09. The van der Waals surface area contributed by atoms with E-state index in [1.165, 1.54) is 5.56 Å². The Bertz CT molecular complexity index is 648. The van der Waals surface area contributed by atoms with Crippen LogP contribution in [0.4, 0.5) is 10.7 Å². The maximum Gasteiger partial charge on any atom is 0.321 e. The third-order valence-electron chi connectivity index (χ3n) is 3.34. The van der Waals surface area contributed by atoms with Crippen LogP contribution < -0.4 is 10.6 Å². The van der Waals surface area contributed by atoms with Gasteiger partial charge in [0.1, 0.15) is 5.82 Å². The minimum absolute atomic E-state index is 0.302. The fraction of sp³-hybridized carbons (Fsp3) is 0.400. The molecule has 112 valence electrons. The Morgan fingerprint density at radius 3 is 2.76 bits per heavy atom. The number of nitrogens with zero attached hydrogens (tertiary/aromatic N) is 3. The minimum atomic E-state index is -0.302. The molecule has 1 heterocycles. The molecule has 21 heavy (non-hydrogen) atoms. The number of hydrogen-bond acceptors (Lipinski definition) is 3. The zero-order valence-corrected chi connectivity index (χ0v) is 12.9. The molecule has 2 N–H and O–H groups in total. The predicted octanol–water partition coefficient (Wildman–Crippen LogP) is 2.32. The standard InChI is InChI=1S/C15H21N5O/c1-5-13-17-14(19-20(13)4)18-15(21)16-9-12-8-10(2)6-7-11(12)3/h6-8H,5,9H2,1-4H3,(H2,16,18,19,21). The van der Waals surface area contributed by atoms with E-state index in [9.17, 15) is 4.79 Å². The van der Waals surface area contributed by atoms with Crippen LogP contribution in [0.2, 0.25) is 0 Å². The first-order valence-corrected chi connectivity index (χ1v) is 7.00. The number of aryl methyl sites for hydroxylation is 4. The number of anilines is 1. The van der Waals surface area contributed by atoms with Crippen LogP contribution in [-0.2, 0) is 20.0 Å². The summed E-state index contributed by atoms with van der Waals surface area (Å²) >= 11 is 0. The third kappa shape index (κ3) is 3.81. The number of carbonyl (C=O) groups excluding carboxylic acids is 1. The Balaban J connectivity index is 1.94. The number of nitrogens with one attached hydrogen (secondary N) is 2. The Morgan fingerprint density at radius 1 is 1.33 bits per heavy atom. The maximum atomic E-state index is 11.9. The van der Waals surface area contributed by atoms with Gasteiger partial charge in [-0.05, 0) is 25.0 Å². The van der Waals surface area contributed by atoms with E-state index in [2.05, 4.69) is 38.9 Å². The maximum absolute atomic E-state index is 11.9. The van der Waals surface area contributed by atoms with Crippen LogP contribution in [0.1, 0.15) is 29.4 Å². The van der Waals surface area contributed by atoms with E-state index in [1.54, 1.807) is 4.68 Å². The van der Waals surface area contributed by atoms with Crippen molar-refractivity contribution >= 4 is 12.0 Å².